The summed E-state index contributed by atoms with van der Waals surface area (Å²) in [6.45, 7) is 0.249. The van der Waals surface area contributed by atoms with Crippen LogP contribution < -0.4 is 5.56 Å². The van der Waals surface area contributed by atoms with Crippen LogP contribution in [0.25, 0.3) is 22.4 Å². The minimum absolute atomic E-state index is 0.0199. The van der Waals surface area contributed by atoms with Crippen LogP contribution in [0.5, 0.6) is 0 Å². The zero-order valence-corrected chi connectivity index (χ0v) is 16.5. The lowest BCUT2D eigenvalue weighted by atomic mass is 9.95. The summed E-state index contributed by atoms with van der Waals surface area (Å²) < 4.78 is 6.33. The predicted octanol–water partition coefficient (Wildman–Crippen LogP) is 4.41. The van der Waals surface area contributed by atoms with Crippen molar-refractivity contribution in [1.29, 1.82) is 0 Å². The molecule has 0 N–H and O–H groups in total. The molecule has 0 radical (unpaired) electrons. The Kier molecular flexibility index (Phi) is 5.52. The molecule has 0 fully saturated rings. The van der Waals surface area contributed by atoms with Gasteiger partial charge in [-0.25, -0.2) is 9.48 Å². The summed E-state index contributed by atoms with van der Waals surface area (Å²) in [5.41, 5.74) is 2.98. The van der Waals surface area contributed by atoms with Crippen molar-refractivity contribution in [1.82, 2.24) is 9.78 Å². The van der Waals surface area contributed by atoms with Crippen molar-refractivity contribution in [3.8, 4) is 22.4 Å². The van der Waals surface area contributed by atoms with E-state index in [1.807, 2.05) is 91.0 Å². The summed E-state index contributed by atoms with van der Waals surface area (Å²) in [6.07, 6.45) is 0. The third-order valence-electron chi connectivity index (χ3n) is 4.83. The van der Waals surface area contributed by atoms with Gasteiger partial charge in [0.2, 0.25) is 0 Å². The Bertz CT molecular complexity index is 1220. The lowest BCUT2D eigenvalue weighted by Crippen LogP contribution is -2.31. The molecule has 0 aliphatic carbocycles. The second-order valence-electron chi connectivity index (χ2n) is 6.77. The molecule has 0 bridgehead atoms. The van der Waals surface area contributed by atoms with Crippen molar-refractivity contribution in [2.24, 2.45) is 0 Å². The third-order valence-corrected chi connectivity index (χ3v) is 4.83. The van der Waals surface area contributed by atoms with Gasteiger partial charge >= 0.3 is 5.97 Å². The number of hydrogen-bond donors (Lipinski definition) is 0. The first kappa shape index (κ1) is 19.3. The molecule has 0 aliphatic heterocycles. The summed E-state index contributed by atoms with van der Waals surface area (Å²) in [4.78, 5) is 26.1. The second kappa shape index (κ2) is 8.57. The first-order valence-corrected chi connectivity index (χ1v) is 9.57. The Morgan fingerprint density at radius 1 is 0.833 bits per heavy atom. The van der Waals surface area contributed by atoms with Crippen molar-refractivity contribution in [2.75, 3.05) is 7.11 Å². The average molecular weight is 396 g/mol. The Balaban J connectivity index is 2.04. The Morgan fingerprint density at radius 3 is 1.93 bits per heavy atom. The molecule has 5 heteroatoms. The smallest absolute Gasteiger partial charge is 0.344 e. The zero-order chi connectivity index (χ0) is 20.9. The Morgan fingerprint density at radius 2 is 1.37 bits per heavy atom. The first-order chi connectivity index (χ1) is 14.7. The van der Waals surface area contributed by atoms with Gasteiger partial charge in [-0.1, -0.05) is 91.0 Å². The molecule has 3 aromatic carbocycles. The van der Waals surface area contributed by atoms with Crippen LogP contribution >= 0.6 is 0 Å². The molecular formula is C25H20N2O3. The molecule has 1 heterocycles. The number of benzene rings is 3. The number of aromatic nitrogens is 2. The molecule has 1 aromatic heterocycles. The van der Waals surface area contributed by atoms with E-state index < -0.39 is 11.5 Å². The van der Waals surface area contributed by atoms with E-state index in [0.717, 1.165) is 16.7 Å². The Labute approximate surface area is 174 Å². The lowest BCUT2D eigenvalue weighted by molar-refractivity contribution is 0.0598. The molecule has 0 unspecified atom stereocenters. The van der Waals surface area contributed by atoms with Crippen molar-refractivity contribution in [2.45, 2.75) is 6.54 Å². The van der Waals surface area contributed by atoms with Crippen molar-refractivity contribution >= 4 is 5.97 Å². The van der Waals surface area contributed by atoms with E-state index in [-0.39, 0.29) is 12.1 Å². The van der Waals surface area contributed by atoms with Crippen LogP contribution in [0.15, 0.2) is 95.8 Å². The van der Waals surface area contributed by atoms with E-state index in [2.05, 4.69) is 5.10 Å². The fraction of sp³-hybridized carbons (Fsp3) is 0.0800. The minimum Gasteiger partial charge on any atom is -0.465 e. The molecular weight excluding hydrogens is 376 g/mol. The van der Waals surface area contributed by atoms with Crippen LogP contribution in [0.3, 0.4) is 0 Å². The number of hydrogen-bond acceptors (Lipinski definition) is 4. The second-order valence-corrected chi connectivity index (χ2v) is 6.77. The molecule has 0 spiro atoms. The number of carbonyl (C=O) groups excluding carboxylic acids is 1. The van der Waals surface area contributed by atoms with Gasteiger partial charge in [-0.2, -0.15) is 5.10 Å². The van der Waals surface area contributed by atoms with Crippen molar-refractivity contribution in [3.63, 3.8) is 0 Å². The van der Waals surface area contributed by atoms with E-state index in [1.165, 1.54) is 11.8 Å². The number of nitrogens with zero attached hydrogens (tertiary/aromatic N) is 2. The maximum absolute atomic E-state index is 13.4. The largest absolute Gasteiger partial charge is 0.465 e. The first-order valence-electron chi connectivity index (χ1n) is 9.57. The van der Waals surface area contributed by atoms with Gasteiger partial charge in [0, 0.05) is 11.1 Å². The van der Waals surface area contributed by atoms with Crippen LogP contribution in [0.1, 0.15) is 15.9 Å². The molecule has 0 atom stereocenters. The molecule has 4 aromatic rings. The number of ether oxygens (including phenoxy) is 1. The number of rotatable bonds is 5. The fourth-order valence-corrected chi connectivity index (χ4v) is 3.41. The van der Waals surface area contributed by atoms with E-state index in [1.54, 1.807) is 0 Å². The van der Waals surface area contributed by atoms with Gasteiger partial charge in [-0.05, 0) is 11.1 Å². The zero-order valence-electron chi connectivity index (χ0n) is 16.5. The lowest BCUT2D eigenvalue weighted by Gasteiger charge is -2.16. The van der Waals surface area contributed by atoms with Gasteiger partial charge in [0.15, 0.2) is 0 Å². The average Bonchev–Trinajstić information content (AvgIpc) is 2.81. The van der Waals surface area contributed by atoms with Crippen LogP contribution in [0, 0.1) is 0 Å². The maximum Gasteiger partial charge on any atom is 0.344 e. The van der Waals surface area contributed by atoms with Crippen LogP contribution in [-0.2, 0) is 11.3 Å². The molecule has 148 valence electrons. The standard InChI is InChI=1S/C25H20N2O3/c1-30-25(29)22-21(19-13-7-3-8-14-19)23(20-15-9-4-10-16-20)26-27(24(22)28)17-18-11-5-2-6-12-18/h2-16H,17H2,1H3. The van der Waals surface area contributed by atoms with Gasteiger partial charge in [0.1, 0.15) is 5.56 Å². The van der Waals surface area contributed by atoms with Gasteiger partial charge in [-0.3, -0.25) is 4.79 Å². The quantitative estimate of drug-likeness (QED) is 0.469. The minimum atomic E-state index is -0.680. The summed E-state index contributed by atoms with van der Waals surface area (Å²) in [5.74, 6) is -0.680. The molecule has 0 aliphatic rings. The van der Waals surface area contributed by atoms with Gasteiger partial charge in [0.25, 0.3) is 5.56 Å². The Hall–Kier alpha value is -3.99. The third kappa shape index (κ3) is 3.78. The molecule has 5 nitrogen and oxygen atoms in total. The predicted molar refractivity (Wildman–Crippen MR) is 116 cm³/mol. The number of esters is 1. The van der Waals surface area contributed by atoms with Crippen LogP contribution in [0.2, 0.25) is 0 Å². The van der Waals surface area contributed by atoms with E-state index in [4.69, 9.17) is 4.74 Å². The maximum atomic E-state index is 13.4. The van der Waals surface area contributed by atoms with E-state index in [9.17, 15) is 9.59 Å². The molecule has 30 heavy (non-hydrogen) atoms. The SMILES string of the molecule is COC(=O)c1c(-c2ccccc2)c(-c2ccccc2)nn(Cc2ccccc2)c1=O. The number of methoxy groups -OCH3 is 1. The highest BCUT2D eigenvalue weighted by Gasteiger charge is 2.25. The normalized spacial score (nSPS) is 10.6. The van der Waals surface area contributed by atoms with E-state index in [0.29, 0.717) is 11.3 Å². The molecule has 0 saturated carbocycles. The molecule has 4 rings (SSSR count). The monoisotopic (exact) mass is 396 g/mol. The van der Waals surface area contributed by atoms with Gasteiger partial charge in [-0.15, -0.1) is 0 Å². The number of carbonyl (C=O) groups is 1. The van der Waals surface area contributed by atoms with Crippen LogP contribution in [0.4, 0.5) is 0 Å². The van der Waals surface area contributed by atoms with Gasteiger partial charge in [0.05, 0.1) is 19.3 Å². The topological polar surface area (TPSA) is 61.2 Å². The highest BCUT2D eigenvalue weighted by Crippen LogP contribution is 2.32. The van der Waals surface area contributed by atoms with Crippen molar-refractivity contribution in [3.05, 3.63) is 112 Å². The highest BCUT2D eigenvalue weighted by molar-refractivity contribution is 6.00. The summed E-state index contributed by atoms with van der Waals surface area (Å²) in [5, 5.41) is 4.69. The fourth-order valence-electron chi connectivity index (χ4n) is 3.41. The summed E-state index contributed by atoms with van der Waals surface area (Å²) in [7, 11) is 1.28. The van der Waals surface area contributed by atoms with Crippen LogP contribution in [-0.4, -0.2) is 22.9 Å². The summed E-state index contributed by atoms with van der Waals surface area (Å²) in [6, 6.07) is 28.4. The van der Waals surface area contributed by atoms with E-state index >= 15 is 0 Å². The van der Waals surface area contributed by atoms with Gasteiger partial charge < -0.3 is 4.74 Å². The highest BCUT2D eigenvalue weighted by atomic mass is 16.5. The van der Waals surface area contributed by atoms with Crippen molar-refractivity contribution < 1.29 is 9.53 Å². The molecule has 0 amide bonds. The summed E-state index contributed by atoms with van der Waals surface area (Å²) >= 11 is 0. The molecule has 0 saturated heterocycles.